The molecular weight excluding hydrogens is 224 g/mol. The Morgan fingerprint density at radius 1 is 0.500 bits per heavy atom. The van der Waals surface area contributed by atoms with Crippen LogP contribution in [0, 0.1) is 0 Å². The maximum atomic E-state index is 2.25. The molecule has 18 heavy (non-hydrogen) atoms. The van der Waals surface area contributed by atoms with Crippen LogP contribution < -0.4 is 0 Å². The monoisotopic (exact) mass is 268 g/mol. The molecule has 120 valence electrons. The van der Waals surface area contributed by atoms with Crippen LogP contribution in [-0.2, 0) is 0 Å². The molecule has 0 aliphatic carbocycles. The Balaban J connectivity index is -0.0000000402. The van der Waals surface area contributed by atoms with Crippen molar-refractivity contribution in [3.63, 3.8) is 0 Å². The van der Waals surface area contributed by atoms with Crippen molar-refractivity contribution in [1.82, 2.24) is 19.6 Å². The molecule has 0 rings (SSSR count). The molecule has 0 aliphatic heterocycles. The van der Waals surface area contributed by atoms with Gasteiger partial charge >= 0.3 is 0 Å². The van der Waals surface area contributed by atoms with E-state index < -0.39 is 0 Å². The highest BCUT2D eigenvalue weighted by Gasteiger charge is 1.98. The van der Waals surface area contributed by atoms with E-state index in [-0.39, 0.29) is 29.7 Å². The van der Waals surface area contributed by atoms with Gasteiger partial charge in [0.05, 0.1) is 13.3 Å². The Bertz CT molecular complexity index is 102. The first-order valence-electron chi connectivity index (χ1n) is 4.84. The minimum atomic E-state index is 0. The van der Waals surface area contributed by atoms with E-state index in [1.54, 1.807) is 0 Å². The van der Waals surface area contributed by atoms with Crippen molar-refractivity contribution in [3.05, 3.63) is 0 Å². The minimum absolute atomic E-state index is 0. The van der Waals surface area contributed by atoms with Gasteiger partial charge in [-0.2, -0.15) is 0 Å². The molecule has 0 aromatic carbocycles. The van der Waals surface area contributed by atoms with Crippen molar-refractivity contribution < 1.29 is 0 Å². The fraction of sp³-hybridized carbons (Fsp3) is 1.00. The molecule has 0 aromatic heterocycles. The molecule has 4 heteroatoms. The Morgan fingerprint density at radius 3 is 0.778 bits per heavy atom. The first-order valence-corrected chi connectivity index (χ1v) is 4.84. The average Bonchev–Trinajstić information content (AvgIpc) is 1.79. The third kappa shape index (κ3) is 56.8. The normalized spacial score (nSPS) is 8.67. The van der Waals surface area contributed by atoms with Crippen LogP contribution in [0.1, 0.15) is 29.7 Å². The lowest BCUT2D eigenvalue weighted by Crippen LogP contribution is -2.36. The predicted molar refractivity (Wildman–Crippen MR) is 91.4 cm³/mol. The second-order valence-electron chi connectivity index (χ2n) is 4.64. The van der Waals surface area contributed by atoms with E-state index >= 15 is 0 Å². The largest absolute Gasteiger partial charge is 0.312 e. The quantitative estimate of drug-likeness (QED) is 0.727. The van der Waals surface area contributed by atoms with Crippen LogP contribution >= 0.6 is 0 Å². The fourth-order valence-electron chi connectivity index (χ4n) is 1.01. The fourth-order valence-corrected chi connectivity index (χ4v) is 1.01. The highest BCUT2D eigenvalue weighted by atomic mass is 15.3. The van der Waals surface area contributed by atoms with Gasteiger partial charge in [0.25, 0.3) is 0 Å². The summed E-state index contributed by atoms with van der Waals surface area (Å²) in [6.07, 6.45) is 0. The summed E-state index contributed by atoms with van der Waals surface area (Å²) >= 11 is 0. The third-order valence-electron chi connectivity index (χ3n) is 1.05. The van der Waals surface area contributed by atoms with Gasteiger partial charge in [-0.05, 0) is 56.4 Å². The maximum Gasteiger partial charge on any atom is 0.0509 e. The Hall–Kier alpha value is -0.160. The van der Waals surface area contributed by atoms with Crippen molar-refractivity contribution in [1.29, 1.82) is 0 Å². The zero-order chi connectivity index (χ0) is 11.7. The van der Waals surface area contributed by atoms with Crippen LogP contribution in [0.25, 0.3) is 0 Å². The van der Waals surface area contributed by atoms with Gasteiger partial charge in [-0.1, -0.05) is 29.7 Å². The molecule has 0 fully saturated rings. The van der Waals surface area contributed by atoms with E-state index in [4.69, 9.17) is 0 Å². The van der Waals surface area contributed by atoms with Gasteiger partial charge in [0.2, 0.25) is 0 Å². The molecule has 0 atom stereocenters. The van der Waals surface area contributed by atoms with Gasteiger partial charge in [-0.25, -0.2) is 0 Å². The van der Waals surface area contributed by atoms with Crippen molar-refractivity contribution >= 4 is 0 Å². The van der Waals surface area contributed by atoms with Crippen LogP contribution in [0.15, 0.2) is 0 Å². The lowest BCUT2D eigenvalue weighted by molar-refractivity contribution is 0.147. The molecule has 0 aliphatic rings. The topological polar surface area (TPSA) is 13.0 Å². The van der Waals surface area contributed by atoms with Crippen molar-refractivity contribution in [2.75, 3.05) is 69.7 Å². The zero-order valence-corrected chi connectivity index (χ0v) is 11.2. The van der Waals surface area contributed by atoms with Gasteiger partial charge in [-0.3, -0.25) is 14.7 Å². The molecule has 0 heterocycles. The van der Waals surface area contributed by atoms with Crippen LogP contribution in [0.5, 0.6) is 0 Å². The van der Waals surface area contributed by atoms with Gasteiger partial charge < -0.3 is 4.90 Å². The second-order valence-corrected chi connectivity index (χ2v) is 4.64. The summed E-state index contributed by atoms with van der Waals surface area (Å²) in [6.45, 7) is 2.02. The summed E-state index contributed by atoms with van der Waals surface area (Å²) in [5, 5.41) is 0. The van der Waals surface area contributed by atoms with Crippen molar-refractivity contribution in [2.45, 2.75) is 29.7 Å². The lowest BCUT2D eigenvalue weighted by Gasteiger charge is -2.24. The molecule has 0 bridgehead atoms. The number of nitrogens with zero attached hydrogens (tertiary/aromatic N) is 4. The summed E-state index contributed by atoms with van der Waals surface area (Å²) in [4.78, 5) is 8.56. The van der Waals surface area contributed by atoms with Crippen LogP contribution in [-0.4, -0.2) is 89.3 Å². The van der Waals surface area contributed by atoms with Gasteiger partial charge in [0.15, 0.2) is 0 Å². The maximum absolute atomic E-state index is 2.25. The standard InChI is InChI=1S/C7H19N3.C3H9N.4CH4/c1-8(2)6-10(5)7-9(3)4;1-4(2)3;;;;/h6-7H2,1-5H3;1-3H3;4*1H4. The highest BCUT2D eigenvalue weighted by Crippen LogP contribution is 1.85. The molecule has 4 nitrogen and oxygen atoms in total. The molecular formula is C14H44N4. The summed E-state index contributed by atoms with van der Waals surface area (Å²) in [5.74, 6) is 0. The number of rotatable bonds is 4. The average molecular weight is 269 g/mol. The smallest absolute Gasteiger partial charge is 0.0509 e. The van der Waals surface area contributed by atoms with E-state index in [1.807, 2.05) is 26.0 Å². The minimum Gasteiger partial charge on any atom is -0.312 e. The van der Waals surface area contributed by atoms with Crippen LogP contribution in [0.4, 0.5) is 0 Å². The van der Waals surface area contributed by atoms with E-state index in [0.717, 1.165) is 13.3 Å². The molecule has 0 saturated heterocycles. The van der Waals surface area contributed by atoms with Gasteiger partial charge in [0, 0.05) is 0 Å². The number of hydrogen-bond acceptors (Lipinski definition) is 4. The van der Waals surface area contributed by atoms with E-state index in [0.29, 0.717) is 0 Å². The lowest BCUT2D eigenvalue weighted by atomic mass is 10.7. The summed E-state index contributed by atoms with van der Waals surface area (Å²) in [6, 6.07) is 0. The van der Waals surface area contributed by atoms with Crippen LogP contribution in [0.2, 0.25) is 0 Å². The Labute approximate surface area is 120 Å². The first-order chi connectivity index (χ1) is 6.25. The first kappa shape index (κ1) is 36.1. The second kappa shape index (κ2) is 22.1. The van der Waals surface area contributed by atoms with E-state index in [9.17, 15) is 0 Å². The third-order valence-corrected chi connectivity index (χ3v) is 1.05. The predicted octanol–water partition coefficient (Wildman–Crippen LogP) is 2.68. The molecule has 0 radical (unpaired) electrons. The Morgan fingerprint density at radius 2 is 0.667 bits per heavy atom. The molecule has 0 aromatic rings. The SMILES string of the molecule is C.C.C.C.CN(C)C.CN(C)CN(C)CN(C)C. The molecule has 0 unspecified atom stereocenters. The van der Waals surface area contributed by atoms with Crippen molar-refractivity contribution in [2.24, 2.45) is 0 Å². The zero-order valence-electron chi connectivity index (χ0n) is 11.2. The molecule has 0 saturated carbocycles. The summed E-state index contributed by atoms with van der Waals surface area (Å²) in [5.41, 5.74) is 0. The highest BCUT2D eigenvalue weighted by molar-refractivity contribution is 4.45. The van der Waals surface area contributed by atoms with Gasteiger partial charge in [0.1, 0.15) is 0 Å². The number of hydrogen-bond donors (Lipinski definition) is 0. The van der Waals surface area contributed by atoms with E-state index in [1.165, 1.54) is 0 Å². The molecule has 0 N–H and O–H groups in total. The summed E-state index contributed by atoms with van der Waals surface area (Å²) < 4.78 is 0. The molecule has 0 spiro atoms. The van der Waals surface area contributed by atoms with Gasteiger partial charge in [-0.15, -0.1) is 0 Å². The summed E-state index contributed by atoms with van der Waals surface area (Å²) in [7, 11) is 16.4. The van der Waals surface area contributed by atoms with Crippen LogP contribution in [0.3, 0.4) is 0 Å². The Kier molecular flexibility index (Phi) is 44.2. The molecule has 0 amide bonds. The van der Waals surface area contributed by atoms with Crippen molar-refractivity contribution in [3.8, 4) is 0 Å². The van der Waals surface area contributed by atoms with E-state index in [2.05, 4.69) is 49.9 Å².